The minimum absolute atomic E-state index is 0.101. The summed E-state index contributed by atoms with van der Waals surface area (Å²) in [5.41, 5.74) is 1.51. The molecule has 1 atom stereocenters. The van der Waals surface area contributed by atoms with E-state index in [0.29, 0.717) is 5.56 Å². The maximum absolute atomic E-state index is 12.4. The number of anilines is 1. The van der Waals surface area contributed by atoms with E-state index in [2.05, 4.69) is 17.6 Å². The number of carbonyl (C=O) groups excluding carboxylic acids is 1. The third-order valence-corrected chi connectivity index (χ3v) is 3.27. The van der Waals surface area contributed by atoms with Gasteiger partial charge < -0.3 is 15.1 Å². The molecule has 2 N–H and O–H groups in total. The van der Waals surface area contributed by atoms with E-state index < -0.39 is 0 Å². The highest BCUT2D eigenvalue weighted by atomic mass is 16.3. The Bertz CT molecular complexity index is 604. The van der Waals surface area contributed by atoms with Crippen LogP contribution in [-0.4, -0.2) is 12.5 Å². The number of para-hydroxylation sites is 1. The van der Waals surface area contributed by atoms with Gasteiger partial charge in [-0.05, 0) is 44.5 Å². The SMILES string of the molecule is CCCNc1ccccc1C(=O)NC(C)c1ccc(C)o1. The summed E-state index contributed by atoms with van der Waals surface area (Å²) in [4.78, 5) is 12.4. The molecule has 112 valence electrons. The minimum Gasteiger partial charge on any atom is -0.464 e. The molecule has 2 rings (SSSR count). The zero-order chi connectivity index (χ0) is 15.2. The Labute approximate surface area is 125 Å². The number of benzene rings is 1. The fraction of sp³-hybridized carbons (Fsp3) is 0.353. The normalized spacial score (nSPS) is 12.0. The zero-order valence-electron chi connectivity index (χ0n) is 12.8. The Kier molecular flexibility index (Phi) is 5.04. The van der Waals surface area contributed by atoms with E-state index in [4.69, 9.17) is 4.42 Å². The van der Waals surface area contributed by atoms with Crippen LogP contribution in [0.3, 0.4) is 0 Å². The molecule has 0 radical (unpaired) electrons. The maximum Gasteiger partial charge on any atom is 0.253 e. The van der Waals surface area contributed by atoms with Crippen LogP contribution in [0.15, 0.2) is 40.8 Å². The highest BCUT2D eigenvalue weighted by Gasteiger charge is 2.16. The third-order valence-electron chi connectivity index (χ3n) is 3.27. The second kappa shape index (κ2) is 6.97. The number of carbonyl (C=O) groups is 1. The molecule has 0 saturated carbocycles. The molecule has 0 bridgehead atoms. The van der Waals surface area contributed by atoms with Crippen LogP contribution < -0.4 is 10.6 Å². The van der Waals surface area contributed by atoms with Crippen molar-refractivity contribution in [1.82, 2.24) is 5.32 Å². The van der Waals surface area contributed by atoms with Crippen molar-refractivity contribution in [2.24, 2.45) is 0 Å². The summed E-state index contributed by atoms with van der Waals surface area (Å²) >= 11 is 0. The van der Waals surface area contributed by atoms with Gasteiger partial charge in [0.15, 0.2) is 0 Å². The Morgan fingerprint density at radius 3 is 2.67 bits per heavy atom. The predicted molar refractivity (Wildman–Crippen MR) is 84.5 cm³/mol. The fourth-order valence-corrected chi connectivity index (χ4v) is 2.13. The smallest absolute Gasteiger partial charge is 0.253 e. The molecule has 1 unspecified atom stereocenters. The van der Waals surface area contributed by atoms with Crippen molar-refractivity contribution in [3.8, 4) is 0 Å². The summed E-state index contributed by atoms with van der Waals surface area (Å²) in [6.07, 6.45) is 1.01. The first-order valence-electron chi connectivity index (χ1n) is 7.32. The lowest BCUT2D eigenvalue weighted by Crippen LogP contribution is -2.27. The van der Waals surface area contributed by atoms with Gasteiger partial charge in [-0.2, -0.15) is 0 Å². The van der Waals surface area contributed by atoms with E-state index in [9.17, 15) is 4.79 Å². The Hall–Kier alpha value is -2.23. The average molecular weight is 286 g/mol. The summed E-state index contributed by atoms with van der Waals surface area (Å²) in [7, 11) is 0. The topological polar surface area (TPSA) is 54.3 Å². The fourth-order valence-electron chi connectivity index (χ4n) is 2.13. The molecule has 1 heterocycles. The Morgan fingerprint density at radius 2 is 2.00 bits per heavy atom. The molecule has 0 aliphatic heterocycles. The van der Waals surface area contributed by atoms with Gasteiger partial charge in [0, 0.05) is 12.2 Å². The van der Waals surface area contributed by atoms with Crippen molar-refractivity contribution < 1.29 is 9.21 Å². The average Bonchev–Trinajstić information content (AvgIpc) is 2.92. The predicted octanol–water partition coefficient (Wildman–Crippen LogP) is 3.90. The highest BCUT2D eigenvalue weighted by molar-refractivity contribution is 5.99. The number of hydrogen-bond acceptors (Lipinski definition) is 3. The lowest BCUT2D eigenvalue weighted by molar-refractivity contribution is 0.0936. The van der Waals surface area contributed by atoms with Gasteiger partial charge in [-0.3, -0.25) is 4.79 Å². The first-order valence-corrected chi connectivity index (χ1v) is 7.32. The zero-order valence-corrected chi connectivity index (χ0v) is 12.8. The molecule has 1 aromatic carbocycles. The van der Waals surface area contributed by atoms with Crippen LogP contribution in [0, 0.1) is 6.92 Å². The van der Waals surface area contributed by atoms with Crippen LogP contribution in [0.2, 0.25) is 0 Å². The van der Waals surface area contributed by atoms with Crippen LogP contribution >= 0.6 is 0 Å². The molecule has 4 heteroatoms. The van der Waals surface area contributed by atoms with Crippen molar-refractivity contribution in [2.75, 3.05) is 11.9 Å². The Morgan fingerprint density at radius 1 is 1.24 bits per heavy atom. The van der Waals surface area contributed by atoms with E-state index >= 15 is 0 Å². The first-order chi connectivity index (χ1) is 10.1. The lowest BCUT2D eigenvalue weighted by Gasteiger charge is -2.15. The molecule has 0 aliphatic rings. The summed E-state index contributed by atoms with van der Waals surface area (Å²) in [6, 6.07) is 11.2. The number of aryl methyl sites for hydroxylation is 1. The standard InChI is InChI=1S/C17H22N2O2/c1-4-11-18-15-8-6-5-7-14(15)17(20)19-13(3)16-10-9-12(2)21-16/h5-10,13,18H,4,11H2,1-3H3,(H,19,20). The third kappa shape index (κ3) is 3.88. The van der Waals surface area contributed by atoms with Gasteiger partial charge in [0.1, 0.15) is 11.5 Å². The second-order valence-electron chi connectivity index (χ2n) is 5.12. The van der Waals surface area contributed by atoms with Crippen molar-refractivity contribution >= 4 is 11.6 Å². The quantitative estimate of drug-likeness (QED) is 0.846. The molecule has 0 aliphatic carbocycles. The van der Waals surface area contributed by atoms with E-state index in [-0.39, 0.29) is 11.9 Å². The molecule has 1 amide bonds. The summed E-state index contributed by atoms with van der Waals surface area (Å²) < 4.78 is 5.55. The number of hydrogen-bond donors (Lipinski definition) is 2. The molecule has 0 spiro atoms. The summed E-state index contributed by atoms with van der Waals surface area (Å²) in [6.45, 7) is 6.74. The molecule has 4 nitrogen and oxygen atoms in total. The van der Waals surface area contributed by atoms with Gasteiger partial charge >= 0.3 is 0 Å². The molecule has 0 fully saturated rings. The van der Waals surface area contributed by atoms with Gasteiger partial charge in [-0.25, -0.2) is 0 Å². The molecule has 2 aromatic rings. The number of rotatable bonds is 6. The van der Waals surface area contributed by atoms with E-state index in [1.807, 2.05) is 50.2 Å². The van der Waals surface area contributed by atoms with E-state index in [1.165, 1.54) is 0 Å². The largest absolute Gasteiger partial charge is 0.464 e. The van der Waals surface area contributed by atoms with Crippen LogP contribution in [-0.2, 0) is 0 Å². The number of amides is 1. The molecular weight excluding hydrogens is 264 g/mol. The summed E-state index contributed by atoms with van der Waals surface area (Å²) in [5, 5.41) is 6.25. The van der Waals surface area contributed by atoms with Gasteiger partial charge in [0.25, 0.3) is 5.91 Å². The van der Waals surface area contributed by atoms with E-state index in [1.54, 1.807) is 0 Å². The molecule has 0 saturated heterocycles. The van der Waals surface area contributed by atoms with Crippen LogP contribution in [0.4, 0.5) is 5.69 Å². The van der Waals surface area contributed by atoms with Crippen molar-refractivity contribution in [2.45, 2.75) is 33.2 Å². The van der Waals surface area contributed by atoms with Crippen LogP contribution in [0.25, 0.3) is 0 Å². The molecule has 21 heavy (non-hydrogen) atoms. The lowest BCUT2D eigenvalue weighted by atomic mass is 10.1. The maximum atomic E-state index is 12.4. The van der Waals surface area contributed by atoms with Gasteiger partial charge in [0.2, 0.25) is 0 Å². The Balaban J connectivity index is 2.09. The highest BCUT2D eigenvalue weighted by Crippen LogP contribution is 2.19. The van der Waals surface area contributed by atoms with Crippen molar-refractivity contribution in [3.05, 3.63) is 53.5 Å². The molecular formula is C17H22N2O2. The monoisotopic (exact) mass is 286 g/mol. The van der Waals surface area contributed by atoms with Gasteiger partial charge in [-0.15, -0.1) is 0 Å². The molecule has 1 aromatic heterocycles. The van der Waals surface area contributed by atoms with Gasteiger partial charge in [0.05, 0.1) is 11.6 Å². The minimum atomic E-state index is -0.162. The van der Waals surface area contributed by atoms with Crippen molar-refractivity contribution in [3.63, 3.8) is 0 Å². The first kappa shape index (κ1) is 15.2. The summed E-state index contributed by atoms with van der Waals surface area (Å²) in [5.74, 6) is 1.51. The second-order valence-corrected chi connectivity index (χ2v) is 5.12. The van der Waals surface area contributed by atoms with Crippen LogP contribution in [0.5, 0.6) is 0 Å². The number of furan rings is 1. The number of nitrogens with one attached hydrogen (secondary N) is 2. The van der Waals surface area contributed by atoms with E-state index in [0.717, 1.165) is 30.2 Å². The van der Waals surface area contributed by atoms with Crippen LogP contribution in [0.1, 0.15) is 48.2 Å². The van der Waals surface area contributed by atoms with Gasteiger partial charge in [-0.1, -0.05) is 19.1 Å². The van der Waals surface area contributed by atoms with Crippen molar-refractivity contribution in [1.29, 1.82) is 0 Å².